The van der Waals surface area contributed by atoms with Crippen LogP contribution in [0.5, 0.6) is 5.75 Å². The van der Waals surface area contributed by atoms with Gasteiger partial charge in [0.15, 0.2) is 5.96 Å². The van der Waals surface area contributed by atoms with Gasteiger partial charge in [-0.15, -0.1) is 35.3 Å². The smallest absolute Gasteiger partial charge is 0.191 e. The summed E-state index contributed by atoms with van der Waals surface area (Å²) in [5.41, 5.74) is 2.36. The second kappa shape index (κ2) is 12.1. The van der Waals surface area contributed by atoms with Gasteiger partial charge >= 0.3 is 0 Å². The van der Waals surface area contributed by atoms with Gasteiger partial charge in [-0.2, -0.15) is 0 Å². The maximum absolute atomic E-state index is 5.26. The molecule has 0 aliphatic heterocycles. The third kappa shape index (κ3) is 8.04. The van der Waals surface area contributed by atoms with Crippen LogP contribution in [0.3, 0.4) is 0 Å². The van der Waals surface area contributed by atoms with E-state index in [0.717, 1.165) is 54.9 Å². The first-order valence-corrected chi connectivity index (χ1v) is 9.15. The highest BCUT2D eigenvalue weighted by Gasteiger charge is 2.01. The summed E-state index contributed by atoms with van der Waals surface area (Å²) in [5, 5.41) is 9.87. The van der Waals surface area contributed by atoms with Crippen LogP contribution < -0.4 is 15.4 Å². The number of hydrogen-bond donors (Lipinski definition) is 2. The number of benzene rings is 1. The first-order valence-electron chi connectivity index (χ1n) is 8.27. The number of rotatable bonds is 8. The lowest BCUT2D eigenvalue weighted by atomic mass is 10.1. The Balaban J connectivity index is 0.00000312. The molecule has 1 heterocycles. The molecule has 1 aromatic carbocycles. The first kappa shape index (κ1) is 21.7. The van der Waals surface area contributed by atoms with E-state index >= 15 is 0 Å². The van der Waals surface area contributed by atoms with Crippen LogP contribution in [-0.4, -0.2) is 37.7 Å². The number of ether oxygens (including phenoxy) is 1. The lowest BCUT2D eigenvalue weighted by molar-refractivity contribution is 0.414. The van der Waals surface area contributed by atoms with E-state index in [2.05, 4.69) is 45.0 Å². The number of methoxy groups -OCH3 is 1. The van der Waals surface area contributed by atoms with Crippen molar-refractivity contribution in [3.63, 3.8) is 0 Å². The maximum atomic E-state index is 5.26. The van der Waals surface area contributed by atoms with Crippen molar-refractivity contribution < 1.29 is 4.74 Å². The van der Waals surface area contributed by atoms with Gasteiger partial charge in [0.2, 0.25) is 0 Å². The fraction of sp³-hybridized carbons (Fsp3) is 0.444. The summed E-state index contributed by atoms with van der Waals surface area (Å²) < 4.78 is 5.26. The number of nitrogens with zero attached hydrogens (tertiary/aromatic N) is 2. The predicted molar refractivity (Wildman–Crippen MR) is 117 cm³/mol. The Bertz CT molecular complexity index is 660. The average molecular weight is 474 g/mol. The molecule has 0 spiro atoms. The minimum absolute atomic E-state index is 0. The van der Waals surface area contributed by atoms with E-state index in [4.69, 9.17) is 4.74 Å². The molecule has 0 amide bonds. The number of guanidine groups is 1. The Morgan fingerprint density at radius 2 is 2.12 bits per heavy atom. The molecule has 138 valence electrons. The summed E-state index contributed by atoms with van der Waals surface area (Å²) in [4.78, 5) is 9.09. The van der Waals surface area contributed by atoms with Crippen LogP contribution in [-0.2, 0) is 12.8 Å². The molecule has 0 saturated carbocycles. The van der Waals surface area contributed by atoms with E-state index in [0.29, 0.717) is 0 Å². The Morgan fingerprint density at radius 1 is 1.28 bits per heavy atom. The Morgan fingerprint density at radius 3 is 2.80 bits per heavy atom. The number of aromatic nitrogens is 1. The first-order chi connectivity index (χ1) is 11.7. The van der Waals surface area contributed by atoms with Gasteiger partial charge in [-0.3, -0.25) is 4.99 Å². The van der Waals surface area contributed by atoms with Gasteiger partial charge in [-0.25, -0.2) is 4.98 Å². The zero-order valence-corrected chi connectivity index (χ0v) is 18.2. The van der Waals surface area contributed by atoms with Crippen molar-refractivity contribution in [2.45, 2.75) is 26.7 Å². The summed E-state index contributed by atoms with van der Waals surface area (Å²) in [7, 11) is 1.69. The zero-order chi connectivity index (χ0) is 17.2. The number of halogens is 1. The largest absolute Gasteiger partial charge is 0.497 e. The molecule has 0 bridgehead atoms. The number of aliphatic imine (C=N–C) groups is 1. The van der Waals surface area contributed by atoms with Gasteiger partial charge in [0.05, 0.1) is 17.8 Å². The Kier molecular flexibility index (Phi) is 10.5. The molecule has 2 aromatic rings. The number of nitrogens with one attached hydrogen (secondary N) is 2. The SMILES string of the molecule is CCNC(=NCCc1csc(C)n1)NCCc1cccc(OC)c1.I. The quantitative estimate of drug-likeness (QED) is 0.350. The van der Waals surface area contributed by atoms with E-state index in [1.165, 1.54) is 5.56 Å². The Hall–Kier alpha value is -1.35. The Labute approximate surface area is 171 Å². The molecular formula is C18H27IN4OS. The third-order valence-electron chi connectivity index (χ3n) is 3.49. The molecule has 0 saturated heterocycles. The normalized spacial score (nSPS) is 10.9. The van der Waals surface area contributed by atoms with Gasteiger partial charge in [0.1, 0.15) is 5.75 Å². The molecule has 0 radical (unpaired) electrons. The van der Waals surface area contributed by atoms with Crippen molar-refractivity contribution >= 4 is 41.3 Å². The predicted octanol–water partition coefficient (Wildman–Crippen LogP) is 3.42. The van der Waals surface area contributed by atoms with Gasteiger partial charge in [0, 0.05) is 31.4 Å². The second-order valence-corrected chi connectivity index (χ2v) is 6.46. The van der Waals surface area contributed by atoms with E-state index < -0.39 is 0 Å². The molecule has 0 aliphatic rings. The van der Waals surface area contributed by atoms with Crippen LogP contribution in [0, 0.1) is 6.92 Å². The molecule has 2 N–H and O–H groups in total. The molecule has 2 rings (SSSR count). The maximum Gasteiger partial charge on any atom is 0.191 e. The summed E-state index contributed by atoms with van der Waals surface area (Å²) in [6.07, 6.45) is 1.80. The third-order valence-corrected chi connectivity index (χ3v) is 4.31. The summed E-state index contributed by atoms with van der Waals surface area (Å²) in [6, 6.07) is 8.15. The summed E-state index contributed by atoms with van der Waals surface area (Å²) >= 11 is 1.69. The van der Waals surface area contributed by atoms with E-state index in [-0.39, 0.29) is 24.0 Å². The van der Waals surface area contributed by atoms with Crippen molar-refractivity contribution in [3.8, 4) is 5.75 Å². The van der Waals surface area contributed by atoms with E-state index in [9.17, 15) is 0 Å². The highest BCUT2D eigenvalue weighted by Crippen LogP contribution is 2.12. The minimum Gasteiger partial charge on any atom is -0.497 e. The lowest BCUT2D eigenvalue weighted by Gasteiger charge is -2.11. The van der Waals surface area contributed by atoms with Crippen molar-refractivity contribution in [2.75, 3.05) is 26.7 Å². The fourth-order valence-electron chi connectivity index (χ4n) is 2.30. The van der Waals surface area contributed by atoms with Crippen LogP contribution >= 0.6 is 35.3 Å². The van der Waals surface area contributed by atoms with Crippen molar-refractivity contribution in [1.82, 2.24) is 15.6 Å². The zero-order valence-electron chi connectivity index (χ0n) is 15.0. The molecule has 0 atom stereocenters. The monoisotopic (exact) mass is 474 g/mol. The topological polar surface area (TPSA) is 58.5 Å². The van der Waals surface area contributed by atoms with E-state index in [1.807, 2.05) is 19.1 Å². The molecule has 0 aliphatic carbocycles. The number of hydrogen-bond acceptors (Lipinski definition) is 4. The fourth-order valence-corrected chi connectivity index (χ4v) is 2.95. The number of thiazole rings is 1. The van der Waals surface area contributed by atoms with Gasteiger partial charge < -0.3 is 15.4 Å². The van der Waals surface area contributed by atoms with Crippen molar-refractivity contribution in [2.24, 2.45) is 4.99 Å². The minimum atomic E-state index is 0. The highest BCUT2D eigenvalue weighted by atomic mass is 127. The molecule has 1 aromatic heterocycles. The second-order valence-electron chi connectivity index (χ2n) is 5.40. The van der Waals surface area contributed by atoms with Gasteiger partial charge in [0.25, 0.3) is 0 Å². The van der Waals surface area contributed by atoms with Crippen molar-refractivity contribution in [1.29, 1.82) is 0 Å². The average Bonchev–Trinajstić information content (AvgIpc) is 3.00. The molecule has 7 heteroatoms. The van der Waals surface area contributed by atoms with Crippen LogP contribution in [0.15, 0.2) is 34.6 Å². The van der Waals surface area contributed by atoms with Gasteiger partial charge in [-0.05, 0) is 38.0 Å². The molecule has 0 unspecified atom stereocenters. The van der Waals surface area contributed by atoms with Crippen LogP contribution in [0.25, 0.3) is 0 Å². The van der Waals surface area contributed by atoms with Crippen LogP contribution in [0.4, 0.5) is 0 Å². The van der Waals surface area contributed by atoms with Crippen molar-refractivity contribution in [3.05, 3.63) is 45.9 Å². The van der Waals surface area contributed by atoms with E-state index in [1.54, 1.807) is 18.4 Å². The van der Waals surface area contributed by atoms with Gasteiger partial charge in [-0.1, -0.05) is 12.1 Å². The molecular weight excluding hydrogens is 447 g/mol. The molecule has 25 heavy (non-hydrogen) atoms. The van der Waals surface area contributed by atoms with Crippen LogP contribution in [0.1, 0.15) is 23.2 Å². The standard InChI is InChI=1S/C18H26N4OS.HI/c1-4-19-18(21-11-9-16-13-24-14(2)22-16)20-10-8-15-6-5-7-17(12-15)23-3;/h5-7,12-13H,4,8-11H2,1-3H3,(H2,19,20,21);1H. The highest BCUT2D eigenvalue weighted by molar-refractivity contribution is 14.0. The molecule has 5 nitrogen and oxygen atoms in total. The molecule has 0 fully saturated rings. The van der Waals surface area contributed by atoms with Crippen LogP contribution in [0.2, 0.25) is 0 Å². The number of aryl methyl sites for hydroxylation is 1. The summed E-state index contributed by atoms with van der Waals surface area (Å²) in [5.74, 6) is 1.75. The summed E-state index contributed by atoms with van der Waals surface area (Å²) in [6.45, 7) is 6.51. The lowest BCUT2D eigenvalue weighted by Crippen LogP contribution is -2.38.